The van der Waals surface area contributed by atoms with Gasteiger partial charge in [-0.25, -0.2) is 13.2 Å². The van der Waals surface area contributed by atoms with Gasteiger partial charge in [-0.2, -0.15) is 5.10 Å². The average Bonchev–Trinajstić information content (AvgIpc) is 2.74. The largest absolute Gasteiger partial charge is 0.478 e. The fraction of sp³-hybridized carbons (Fsp3) is 0.0909. The molecule has 0 aliphatic heterocycles. The minimum Gasteiger partial charge on any atom is -0.478 e. The Labute approximate surface area is 128 Å². The summed E-state index contributed by atoms with van der Waals surface area (Å²) in [7, 11) is -2.26. The van der Waals surface area contributed by atoms with Gasteiger partial charge in [0, 0.05) is 16.7 Å². The Morgan fingerprint density at radius 1 is 1.40 bits per heavy atom. The summed E-state index contributed by atoms with van der Waals surface area (Å²) in [6, 6.07) is 5.43. The molecule has 1 heterocycles. The lowest BCUT2D eigenvalue weighted by molar-refractivity contribution is 0.0695. The molecule has 0 spiro atoms. The summed E-state index contributed by atoms with van der Waals surface area (Å²) in [4.78, 5) is 10.9. The van der Waals surface area contributed by atoms with Gasteiger partial charge in [-0.1, -0.05) is 0 Å². The van der Waals surface area contributed by atoms with E-state index < -0.39 is 16.0 Å². The molecule has 106 valence electrons. The molecule has 0 radical (unpaired) electrons. The van der Waals surface area contributed by atoms with Gasteiger partial charge in [-0.05, 0) is 40.8 Å². The number of halogens is 1. The number of nitrogens with one attached hydrogen (secondary N) is 1. The van der Waals surface area contributed by atoms with Crippen molar-refractivity contribution in [2.24, 2.45) is 7.05 Å². The molecule has 0 saturated carbocycles. The second-order valence-corrected chi connectivity index (χ2v) is 6.74. The number of anilines is 1. The Morgan fingerprint density at radius 3 is 2.65 bits per heavy atom. The van der Waals surface area contributed by atoms with E-state index in [1.54, 1.807) is 7.05 Å². The third-order valence-electron chi connectivity index (χ3n) is 2.54. The van der Waals surface area contributed by atoms with Crippen molar-refractivity contribution in [3.63, 3.8) is 0 Å². The van der Waals surface area contributed by atoms with Crippen molar-refractivity contribution in [1.29, 1.82) is 0 Å². The highest BCUT2D eigenvalue weighted by Crippen LogP contribution is 2.20. The van der Waals surface area contributed by atoms with E-state index in [-0.39, 0.29) is 10.5 Å². The predicted molar refractivity (Wildman–Crippen MR) is 80.1 cm³/mol. The van der Waals surface area contributed by atoms with E-state index in [4.69, 9.17) is 5.11 Å². The molecule has 0 aliphatic rings. The summed E-state index contributed by atoms with van der Waals surface area (Å²) in [6.07, 6.45) is 1.45. The Hall–Kier alpha value is -1.62. The summed E-state index contributed by atoms with van der Waals surface area (Å²) in [5, 5.41) is 12.9. The Bertz CT molecular complexity index is 770. The molecule has 0 saturated heterocycles. The van der Waals surface area contributed by atoms with Crippen LogP contribution in [0.5, 0.6) is 0 Å². The number of aromatic nitrogens is 2. The number of hydrogen-bond acceptors (Lipinski definition) is 4. The van der Waals surface area contributed by atoms with Gasteiger partial charge in [0.05, 0.1) is 16.7 Å². The number of carbonyl (C=O) groups is 1. The molecular formula is C11H10IN3O4S. The molecule has 7 nitrogen and oxygen atoms in total. The fourth-order valence-corrected chi connectivity index (χ4v) is 3.19. The van der Waals surface area contributed by atoms with Gasteiger partial charge in [0.15, 0.2) is 0 Å². The molecule has 2 N–H and O–H groups in total. The molecular weight excluding hydrogens is 397 g/mol. The van der Waals surface area contributed by atoms with E-state index in [1.807, 2.05) is 22.6 Å². The number of sulfonamides is 1. The number of rotatable bonds is 4. The Kier molecular flexibility index (Phi) is 3.99. The molecule has 0 bridgehead atoms. The maximum Gasteiger partial charge on any atom is 0.336 e. The van der Waals surface area contributed by atoms with Gasteiger partial charge in [-0.3, -0.25) is 9.40 Å². The first kappa shape index (κ1) is 14.8. The second-order valence-electron chi connectivity index (χ2n) is 3.89. The predicted octanol–water partition coefficient (Wildman–Crippen LogP) is 1.52. The van der Waals surface area contributed by atoms with Crippen molar-refractivity contribution >= 4 is 44.4 Å². The molecule has 0 amide bonds. The van der Waals surface area contributed by atoms with Crippen molar-refractivity contribution in [1.82, 2.24) is 9.78 Å². The van der Waals surface area contributed by atoms with Crippen molar-refractivity contribution in [3.8, 4) is 0 Å². The Balaban J connectivity index is 2.42. The average molecular weight is 407 g/mol. The quantitative estimate of drug-likeness (QED) is 0.749. The maximum atomic E-state index is 12.2. The number of aryl methyl sites for hydroxylation is 1. The van der Waals surface area contributed by atoms with Crippen LogP contribution in [0.4, 0.5) is 5.82 Å². The van der Waals surface area contributed by atoms with Crippen molar-refractivity contribution in [3.05, 3.63) is 39.6 Å². The smallest absolute Gasteiger partial charge is 0.336 e. The molecule has 1 aromatic carbocycles. The van der Waals surface area contributed by atoms with E-state index >= 15 is 0 Å². The zero-order chi connectivity index (χ0) is 14.9. The van der Waals surface area contributed by atoms with Gasteiger partial charge >= 0.3 is 5.97 Å². The number of carboxylic acid groups (broad SMARTS) is 1. The Morgan fingerprint density at radius 2 is 2.10 bits per heavy atom. The molecule has 0 atom stereocenters. The third kappa shape index (κ3) is 2.93. The first-order valence-corrected chi connectivity index (χ1v) is 7.91. The summed E-state index contributed by atoms with van der Waals surface area (Å²) in [6.45, 7) is 0. The van der Waals surface area contributed by atoms with Crippen LogP contribution in [0.1, 0.15) is 10.4 Å². The SMILES string of the molecule is Cn1nccc1NS(=O)(=O)c1ccc(I)c(C(=O)O)c1. The molecule has 9 heteroatoms. The lowest BCUT2D eigenvalue weighted by Gasteiger charge is -2.09. The molecule has 20 heavy (non-hydrogen) atoms. The summed E-state index contributed by atoms with van der Waals surface area (Å²) >= 11 is 1.84. The second kappa shape index (κ2) is 5.40. The van der Waals surface area contributed by atoms with E-state index in [2.05, 4.69) is 9.82 Å². The molecule has 2 rings (SSSR count). The van der Waals surface area contributed by atoms with Gasteiger partial charge in [0.25, 0.3) is 10.0 Å². The van der Waals surface area contributed by atoms with Crippen molar-refractivity contribution in [2.75, 3.05) is 4.72 Å². The standard InChI is InChI=1S/C11H10IN3O4S/c1-15-10(4-5-13-15)14-20(18,19)7-2-3-9(12)8(6-7)11(16)17/h2-6,14H,1H3,(H,16,17). The lowest BCUT2D eigenvalue weighted by atomic mass is 10.2. The van der Waals surface area contributed by atoms with Gasteiger partial charge in [-0.15, -0.1) is 0 Å². The monoisotopic (exact) mass is 407 g/mol. The number of benzene rings is 1. The summed E-state index contributed by atoms with van der Waals surface area (Å²) in [5.74, 6) is -0.882. The zero-order valence-corrected chi connectivity index (χ0v) is 13.2. The minimum atomic E-state index is -3.86. The first-order chi connectivity index (χ1) is 9.31. The first-order valence-electron chi connectivity index (χ1n) is 5.35. The highest BCUT2D eigenvalue weighted by atomic mass is 127. The van der Waals surface area contributed by atoms with E-state index in [1.165, 1.54) is 29.1 Å². The van der Waals surface area contributed by atoms with Crippen LogP contribution in [0.15, 0.2) is 35.4 Å². The minimum absolute atomic E-state index is 0.0570. The van der Waals surface area contributed by atoms with Crippen LogP contribution in [0.3, 0.4) is 0 Å². The van der Waals surface area contributed by atoms with Crippen LogP contribution in [0.2, 0.25) is 0 Å². The van der Waals surface area contributed by atoms with E-state index in [0.29, 0.717) is 9.39 Å². The van der Waals surface area contributed by atoms with Crippen molar-refractivity contribution < 1.29 is 18.3 Å². The fourth-order valence-electron chi connectivity index (χ4n) is 1.51. The highest BCUT2D eigenvalue weighted by Gasteiger charge is 2.19. The third-order valence-corrected chi connectivity index (χ3v) is 4.83. The van der Waals surface area contributed by atoms with Crippen LogP contribution < -0.4 is 4.72 Å². The number of carboxylic acids is 1. The van der Waals surface area contributed by atoms with Crippen molar-refractivity contribution in [2.45, 2.75) is 4.90 Å². The van der Waals surface area contributed by atoms with Gasteiger partial charge in [0.1, 0.15) is 5.82 Å². The molecule has 0 aliphatic carbocycles. The zero-order valence-electron chi connectivity index (χ0n) is 10.2. The van der Waals surface area contributed by atoms with Crippen LogP contribution in [-0.2, 0) is 17.1 Å². The molecule has 1 aromatic heterocycles. The molecule has 2 aromatic rings. The van der Waals surface area contributed by atoms with E-state index in [9.17, 15) is 13.2 Å². The summed E-state index contributed by atoms with van der Waals surface area (Å²) < 4.78 is 28.6. The van der Waals surface area contributed by atoms with Crippen LogP contribution >= 0.6 is 22.6 Å². The normalized spacial score (nSPS) is 11.3. The van der Waals surface area contributed by atoms with Gasteiger partial charge in [0.2, 0.25) is 0 Å². The number of aromatic carboxylic acids is 1. The number of nitrogens with zero attached hydrogens (tertiary/aromatic N) is 2. The van der Waals surface area contributed by atoms with Crippen LogP contribution in [-0.4, -0.2) is 29.3 Å². The van der Waals surface area contributed by atoms with E-state index in [0.717, 1.165) is 6.07 Å². The lowest BCUT2D eigenvalue weighted by Crippen LogP contribution is -2.16. The topological polar surface area (TPSA) is 101 Å². The van der Waals surface area contributed by atoms with Gasteiger partial charge < -0.3 is 5.11 Å². The maximum absolute atomic E-state index is 12.2. The van der Waals surface area contributed by atoms with Crippen LogP contribution in [0, 0.1) is 3.57 Å². The number of hydrogen-bond donors (Lipinski definition) is 2. The van der Waals surface area contributed by atoms with Crippen LogP contribution in [0.25, 0.3) is 0 Å². The summed E-state index contributed by atoms with van der Waals surface area (Å²) in [5.41, 5.74) is -0.0570. The molecule has 0 unspecified atom stereocenters. The highest BCUT2D eigenvalue weighted by molar-refractivity contribution is 14.1. The molecule has 0 fully saturated rings.